The molecule has 1 amide bonds. The van der Waals surface area contributed by atoms with Gasteiger partial charge in [0.15, 0.2) is 0 Å². The fourth-order valence-corrected chi connectivity index (χ4v) is 3.32. The van der Waals surface area contributed by atoms with Gasteiger partial charge in [0.05, 0.1) is 6.04 Å². The molecule has 1 unspecified atom stereocenters. The predicted molar refractivity (Wildman–Crippen MR) is 93.4 cm³/mol. The molecule has 2 aromatic carbocycles. The Morgan fingerprint density at radius 2 is 1.87 bits per heavy atom. The van der Waals surface area contributed by atoms with E-state index in [0.29, 0.717) is 5.02 Å². The van der Waals surface area contributed by atoms with Crippen LogP contribution >= 0.6 is 11.6 Å². The molecule has 2 N–H and O–H groups in total. The number of rotatable bonds is 4. The summed E-state index contributed by atoms with van der Waals surface area (Å²) in [7, 11) is 0. The van der Waals surface area contributed by atoms with Crippen molar-refractivity contribution in [3.05, 3.63) is 70.7 Å². The Bertz CT molecular complexity index is 664. The standard InChI is InChI=1S/C19H21ClN2O/c1-14(15-6-3-2-4-7-15)22-18(23)19(12-5-13-21-19)16-8-10-17(20)11-9-16/h2-4,6-11,14,21H,5,12-13H2,1H3,(H,22,23)/t14?,19-/m1/s1. The van der Waals surface area contributed by atoms with Crippen LogP contribution in [-0.2, 0) is 10.3 Å². The third kappa shape index (κ3) is 3.26. The van der Waals surface area contributed by atoms with Crippen LogP contribution in [0.4, 0.5) is 0 Å². The topological polar surface area (TPSA) is 41.1 Å². The summed E-state index contributed by atoms with van der Waals surface area (Å²) in [4.78, 5) is 13.0. The van der Waals surface area contributed by atoms with Crippen LogP contribution in [0.3, 0.4) is 0 Å². The van der Waals surface area contributed by atoms with Gasteiger partial charge in [0.2, 0.25) is 5.91 Å². The van der Waals surface area contributed by atoms with E-state index in [1.807, 2.05) is 61.5 Å². The van der Waals surface area contributed by atoms with Gasteiger partial charge in [-0.1, -0.05) is 54.1 Å². The zero-order chi connectivity index (χ0) is 16.3. The van der Waals surface area contributed by atoms with Gasteiger partial charge in [-0.2, -0.15) is 0 Å². The first kappa shape index (κ1) is 16.0. The normalized spacial score (nSPS) is 21.8. The summed E-state index contributed by atoms with van der Waals surface area (Å²) < 4.78 is 0. The molecule has 4 heteroatoms. The van der Waals surface area contributed by atoms with Crippen LogP contribution in [0.25, 0.3) is 0 Å². The molecule has 1 aliphatic rings. The van der Waals surface area contributed by atoms with Crippen molar-refractivity contribution in [3.63, 3.8) is 0 Å². The number of benzene rings is 2. The second-order valence-electron chi connectivity index (χ2n) is 6.05. The molecule has 1 saturated heterocycles. The predicted octanol–water partition coefficient (Wildman–Crippen LogP) is 3.80. The largest absolute Gasteiger partial charge is 0.348 e. The second-order valence-corrected chi connectivity index (χ2v) is 6.48. The van der Waals surface area contributed by atoms with E-state index in [1.165, 1.54) is 0 Å². The summed E-state index contributed by atoms with van der Waals surface area (Å²) in [6, 6.07) is 17.5. The third-order valence-corrected chi connectivity index (χ3v) is 4.78. The summed E-state index contributed by atoms with van der Waals surface area (Å²) in [5, 5.41) is 7.25. The maximum absolute atomic E-state index is 13.0. The van der Waals surface area contributed by atoms with Gasteiger partial charge >= 0.3 is 0 Å². The van der Waals surface area contributed by atoms with Gasteiger partial charge in [-0.15, -0.1) is 0 Å². The average molecular weight is 329 g/mol. The number of amides is 1. The highest BCUT2D eigenvalue weighted by atomic mass is 35.5. The van der Waals surface area contributed by atoms with Crippen molar-refractivity contribution in [2.24, 2.45) is 0 Å². The van der Waals surface area contributed by atoms with Crippen LogP contribution < -0.4 is 10.6 Å². The van der Waals surface area contributed by atoms with E-state index >= 15 is 0 Å². The first-order valence-electron chi connectivity index (χ1n) is 7.99. The quantitative estimate of drug-likeness (QED) is 0.896. The van der Waals surface area contributed by atoms with Crippen LogP contribution in [0.2, 0.25) is 5.02 Å². The Morgan fingerprint density at radius 3 is 2.48 bits per heavy atom. The molecule has 0 bridgehead atoms. The molecule has 0 spiro atoms. The van der Waals surface area contributed by atoms with E-state index in [1.54, 1.807) is 0 Å². The van der Waals surface area contributed by atoms with Crippen LogP contribution in [0, 0.1) is 0 Å². The highest BCUT2D eigenvalue weighted by molar-refractivity contribution is 6.30. The summed E-state index contributed by atoms with van der Waals surface area (Å²) in [6.07, 6.45) is 1.78. The first-order chi connectivity index (χ1) is 11.1. The molecule has 1 aliphatic heterocycles. The zero-order valence-corrected chi connectivity index (χ0v) is 13.9. The highest BCUT2D eigenvalue weighted by Gasteiger charge is 2.42. The maximum atomic E-state index is 13.0. The molecular weight excluding hydrogens is 308 g/mol. The molecule has 23 heavy (non-hydrogen) atoms. The van der Waals surface area contributed by atoms with Crippen LogP contribution in [0.15, 0.2) is 54.6 Å². The van der Waals surface area contributed by atoms with Gasteiger partial charge in [0.1, 0.15) is 5.54 Å². The molecule has 0 aliphatic carbocycles. The summed E-state index contributed by atoms with van der Waals surface area (Å²) in [5.74, 6) is 0.0219. The smallest absolute Gasteiger partial charge is 0.245 e. The van der Waals surface area contributed by atoms with Crippen molar-refractivity contribution in [2.45, 2.75) is 31.3 Å². The molecule has 0 aromatic heterocycles. The highest BCUT2D eigenvalue weighted by Crippen LogP contribution is 2.32. The first-order valence-corrected chi connectivity index (χ1v) is 8.36. The summed E-state index contributed by atoms with van der Waals surface area (Å²) in [5.41, 5.74) is 1.41. The maximum Gasteiger partial charge on any atom is 0.245 e. The third-order valence-electron chi connectivity index (χ3n) is 4.53. The van der Waals surface area contributed by atoms with Crippen molar-refractivity contribution < 1.29 is 4.79 Å². The van der Waals surface area contributed by atoms with E-state index in [2.05, 4.69) is 10.6 Å². The number of carbonyl (C=O) groups is 1. The van der Waals surface area contributed by atoms with E-state index in [4.69, 9.17) is 11.6 Å². The molecule has 2 aromatic rings. The van der Waals surface area contributed by atoms with Crippen molar-refractivity contribution in [1.29, 1.82) is 0 Å². The number of hydrogen-bond donors (Lipinski definition) is 2. The SMILES string of the molecule is CC(NC(=O)[C@]1(c2ccc(Cl)cc2)CCCN1)c1ccccc1. The Hall–Kier alpha value is -1.84. The second kappa shape index (κ2) is 6.73. The van der Waals surface area contributed by atoms with Gasteiger partial charge in [-0.05, 0) is 49.6 Å². The van der Waals surface area contributed by atoms with Crippen molar-refractivity contribution in [1.82, 2.24) is 10.6 Å². The monoisotopic (exact) mass is 328 g/mol. The van der Waals surface area contributed by atoms with E-state index in [-0.39, 0.29) is 11.9 Å². The minimum Gasteiger partial charge on any atom is -0.348 e. The molecular formula is C19H21ClN2O. The average Bonchev–Trinajstić information content (AvgIpc) is 3.07. The number of halogens is 1. The molecule has 3 rings (SSSR count). The fraction of sp³-hybridized carbons (Fsp3) is 0.316. The molecule has 1 heterocycles. The Balaban J connectivity index is 1.83. The Kier molecular flexibility index (Phi) is 4.69. The molecule has 3 nitrogen and oxygen atoms in total. The number of hydrogen-bond acceptors (Lipinski definition) is 2. The van der Waals surface area contributed by atoms with Crippen molar-refractivity contribution in [2.75, 3.05) is 6.54 Å². The number of nitrogens with one attached hydrogen (secondary N) is 2. The van der Waals surface area contributed by atoms with Crippen molar-refractivity contribution >= 4 is 17.5 Å². The molecule has 0 radical (unpaired) electrons. The number of carbonyl (C=O) groups excluding carboxylic acids is 1. The van der Waals surface area contributed by atoms with E-state index < -0.39 is 5.54 Å². The summed E-state index contributed by atoms with van der Waals surface area (Å²) in [6.45, 7) is 2.85. The van der Waals surface area contributed by atoms with Gasteiger partial charge in [-0.25, -0.2) is 0 Å². The summed E-state index contributed by atoms with van der Waals surface area (Å²) >= 11 is 5.99. The Labute approximate surface area is 142 Å². The van der Waals surface area contributed by atoms with Gasteiger partial charge < -0.3 is 5.32 Å². The lowest BCUT2D eigenvalue weighted by Gasteiger charge is -2.30. The van der Waals surface area contributed by atoms with E-state index in [0.717, 1.165) is 30.5 Å². The minimum atomic E-state index is -0.659. The molecule has 0 saturated carbocycles. The molecule has 120 valence electrons. The lowest BCUT2D eigenvalue weighted by molar-refractivity contribution is -0.128. The van der Waals surface area contributed by atoms with Gasteiger partial charge in [0.25, 0.3) is 0 Å². The van der Waals surface area contributed by atoms with E-state index in [9.17, 15) is 4.79 Å². The zero-order valence-electron chi connectivity index (χ0n) is 13.2. The minimum absolute atomic E-state index is 0.0219. The van der Waals surface area contributed by atoms with Gasteiger partial charge in [-0.3, -0.25) is 10.1 Å². The fourth-order valence-electron chi connectivity index (χ4n) is 3.19. The lowest BCUT2D eigenvalue weighted by atomic mass is 9.87. The van der Waals surface area contributed by atoms with Crippen LogP contribution in [0.1, 0.15) is 36.9 Å². The van der Waals surface area contributed by atoms with Gasteiger partial charge in [0, 0.05) is 5.02 Å². The van der Waals surface area contributed by atoms with Crippen LogP contribution in [0.5, 0.6) is 0 Å². The molecule has 2 atom stereocenters. The van der Waals surface area contributed by atoms with Crippen LogP contribution in [-0.4, -0.2) is 12.5 Å². The lowest BCUT2D eigenvalue weighted by Crippen LogP contribution is -2.51. The molecule has 1 fully saturated rings. The van der Waals surface area contributed by atoms with Crippen molar-refractivity contribution in [3.8, 4) is 0 Å². The Morgan fingerprint density at radius 1 is 1.17 bits per heavy atom.